The molecular formula is C57H46N4. The van der Waals surface area contributed by atoms with Gasteiger partial charge in [-0.15, -0.1) is 0 Å². The summed E-state index contributed by atoms with van der Waals surface area (Å²) in [5.41, 5.74) is 17.9. The zero-order valence-corrected chi connectivity index (χ0v) is 35.2. The second-order valence-electron chi connectivity index (χ2n) is 16.1. The lowest BCUT2D eigenvalue weighted by atomic mass is 9.93. The summed E-state index contributed by atoms with van der Waals surface area (Å²) in [6, 6.07) is 56.9. The van der Waals surface area contributed by atoms with Crippen molar-refractivity contribution in [1.82, 2.24) is 19.1 Å². The van der Waals surface area contributed by atoms with Crippen molar-refractivity contribution >= 4 is 44.9 Å². The van der Waals surface area contributed by atoms with Crippen molar-refractivity contribution < 1.29 is 0 Å². The molecule has 0 spiro atoms. The van der Waals surface area contributed by atoms with Crippen molar-refractivity contribution in [2.24, 2.45) is 0 Å². The summed E-state index contributed by atoms with van der Waals surface area (Å²) in [5, 5.41) is 5.98. The van der Waals surface area contributed by atoms with E-state index in [1.54, 1.807) is 0 Å². The van der Waals surface area contributed by atoms with Crippen LogP contribution in [0.2, 0.25) is 0 Å². The fraction of sp³-hybridized carbons (Fsp3) is 0.0877. The van der Waals surface area contributed by atoms with Crippen LogP contribution in [-0.4, -0.2) is 19.1 Å². The van der Waals surface area contributed by atoms with Crippen molar-refractivity contribution in [3.8, 4) is 56.4 Å². The average Bonchev–Trinajstić information content (AvgIpc) is 3.78. The molecule has 0 unspecified atom stereocenters. The molecule has 0 amide bonds. The van der Waals surface area contributed by atoms with Gasteiger partial charge in [0.25, 0.3) is 0 Å². The highest BCUT2D eigenvalue weighted by Gasteiger charge is 2.18. The first-order chi connectivity index (χ1) is 29.8. The number of benzene rings is 7. The minimum atomic E-state index is 0.726. The largest absolute Gasteiger partial charge is 0.310 e. The number of allylic oxidation sites excluding steroid dienone is 1. The highest BCUT2D eigenvalue weighted by Crippen LogP contribution is 2.36. The third kappa shape index (κ3) is 6.58. The van der Waals surface area contributed by atoms with Crippen LogP contribution in [0.1, 0.15) is 29.2 Å². The molecule has 0 saturated carbocycles. The molecule has 3 heterocycles. The Bertz CT molecular complexity index is 3310. The Morgan fingerprint density at radius 2 is 1.02 bits per heavy atom. The first kappa shape index (κ1) is 37.7. The van der Waals surface area contributed by atoms with Crippen molar-refractivity contribution in [3.05, 3.63) is 203 Å². The maximum Gasteiger partial charge on any atom is 0.160 e. The summed E-state index contributed by atoms with van der Waals surface area (Å²) in [7, 11) is 0. The summed E-state index contributed by atoms with van der Waals surface area (Å²) >= 11 is 0. The van der Waals surface area contributed by atoms with Crippen molar-refractivity contribution in [2.45, 2.75) is 34.6 Å². The van der Waals surface area contributed by atoms with Gasteiger partial charge >= 0.3 is 0 Å². The van der Waals surface area contributed by atoms with Crippen LogP contribution in [0.15, 0.2) is 170 Å². The van der Waals surface area contributed by atoms with Crippen molar-refractivity contribution in [2.75, 3.05) is 0 Å². The van der Waals surface area contributed by atoms with Gasteiger partial charge in [-0.1, -0.05) is 145 Å². The zero-order chi connectivity index (χ0) is 41.8. The number of aromatic nitrogens is 4. The molecule has 0 N–H and O–H groups in total. The van der Waals surface area contributed by atoms with Crippen LogP contribution >= 0.6 is 0 Å². The minimum Gasteiger partial charge on any atom is -0.310 e. The topological polar surface area (TPSA) is 35.6 Å². The molecule has 4 heteroatoms. The van der Waals surface area contributed by atoms with Crippen molar-refractivity contribution in [3.63, 3.8) is 0 Å². The fourth-order valence-electron chi connectivity index (χ4n) is 9.13. The smallest absolute Gasteiger partial charge is 0.160 e. The number of rotatable bonds is 7. The molecule has 0 bridgehead atoms. The van der Waals surface area contributed by atoms with Gasteiger partial charge in [0.05, 0.1) is 27.9 Å². The Morgan fingerprint density at radius 3 is 1.62 bits per heavy atom. The van der Waals surface area contributed by atoms with Gasteiger partial charge in [-0.25, -0.2) is 9.97 Å². The molecule has 4 nitrogen and oxygen atoms in total. The summed E-state index contributed by atoms with van der Waals surface area (Å²) in [5.74, 6) is 0.726. The predicted molar refractivity (Wildman–Crippen MR) is 258 cm³/mol. The van der Waals surface area contributed by atoms with Crippen LogP contribution in [0, 0.1) is 27.7 Å². The van der Waals surface area contributed by atoms with Gasteiger partial charge in [0.1, 0.15) is 0 Å². The zero-order valence-electron chi connectivity index (χ0n) is 35.2. The quantitative estimate of drug-likeness (QED) is 0.161. The maximum atomic E-state index is 5.19. The lowest BCUT2D eigenvalue weighted by Crippen LogP contribution is -2.27. The predicted octanol–water partition coefficient (Wildman–Crippen LogP) is 13.2. The van der Waals surface area contributed by atoms with E-state index in [1.165, 1.54) is 55.0 Å². The first-order valence-electron chi connectivity index (χ1n) is 21.0. The summed E-state index contributed by atoms with van der Waals surface area (Å²) in [6.07, 6.45) is 6.23. The molecule has 3 aromatic heterocycles. The van der Waals surface area contributed by atoms with Crippen LogP contribution in [0.25, 0.3) is 101 Å². The molecule has 10 rings (SSSR count). The standard InChI is InChI=1S/C57H46N4/c1-7-13-46-49-34-45(61-53-16-11-9-14-47(53)48-15-10-12-17-54(48)61)30-31-55(49)60(52(46)8-2)44-28-26-40(27-29-44)43-32-38(5)56(39(6)33-43)51-35-50(41-22-18-36(3)19-23-41)58-57(59-51)42-24-20-37(4)21-25-42/h7-35H,1H2,2-6H3/b46-13-,52-8+. The molecule has 0 aliphatic carbocycles. The highest BCUT2D eigenvalue weighted by molar-refractivity contribution is 6.09. The maximum absolute atomic E-state index is 5.19. The third-order valence-electron chi connectivity index (χ3n) is 12.1. The van der Waals surface area contributed by atoms with Gasteiger partial charge in [-0.2, -0.15) is 0 Å². The Balaban J connectivity index is 1.05. The van der Waals surface area contributed by atoms with E-state index in [0.717, 1.165) is 66.9 Å². The number of hydrogen-bond donors (Lipinski definition) is 0. The van der Waals surface area contributed by atoms with Crippen molar-refractivity contribution in [1.29, 1.82) is 0 Å². The van der Waals surface area contributed by atoms with E-state index in [9.17, 15) is 0 Å². The number of nitrogens with zero attached hydrogens (tertiary/aromatic N) is 4. The Hall–Kier alpha value is -7.56. The SMILES string of the molecule is C=C/C=c1\c(=C/C)n(-c2ccc(-c3cc(C)c(-c4cc(-c5ccc(C)cc5)nc(-c5ccc(C)cc5)n4)c(C)c3)cc2)c2ccc(-n3c4ccccc4c4ccccc43)cc12. The van der Waals surface area contributed by atoms with Gasteiger partial charge in [-0.3, -0.25) is 0 Å². The van der Waals surface area contributed by atoms with Crippen LogP contribution in [0.3, 0.4) is 0 Å². The summed E-state index contributed by atoms with van der Waals surface area (Å²) in [4.78, 5) is 10.3. The van der Waals surface area contributed by atoms with E-state index >= 15 is 0 Å². The second kappa shape index (κ2) is 15.2. The third-order valence-corrected chi connectivity index (χ3v) is 12.1. The minimum absolute atomic E-state index is 0.726. The normalized spacial score (nSPS) is 12.3. The second-order valence-corrected chi connectivity index (χ2v) is 16.1. The Morgan fingerprint density at radius 1 is 0.475 bits per heavy atom. The average molecular weight is 787 g/mol. The number of fused-ring (bicyclic) bond motifs is 4. The lowest BCUT2D eigenvalue weighted by Gasteiger charge is -2.16. The number of hydrogen-bond acceptors (Lipinski definition) is 2. The van der Waals surface area contributed by atoms with E-state index in [2.05, 4.69) is 220 Å². The van der Waals surface area contributed by atoms with Crippen LogP contribution < -0.4 is 10.6 Å². The molecule has 0 radical (unpaired) electrons. The Labute approximate surface area is 356 Å². The van der Waals surface area contributed by atoms with E-state index in [0.29, 0.717) is 0 Å². The summed E-state index contributed by atoms with van der Waals surface area (Å²) in [6.45, 7) is 14.8. The molecule has 294 valence electrons. The molecule has 0 atom stereocenters. The molecule has 0 aliphatic heterocycles. The fourth-order valence-corrected chi connectivity index (χ4v) is 9.13. The van der Waals surface area contributed by atoms with Gasteiger partial charge < -0.3 is 9.13 Å². The first-order valence-corrected chi connectivity index (χ1v) is 21.0. The van der Waals surface area contributed by atoms with Crippen LogP contribution in [0.5, 0.6) is 0 Å². The molecule has 0 fully saturated rings. The van der Waals surface area contributed by atoms with E-state index < -0.39 is 0 Å². The molecule has 61 heavy (non-hydrogen) atoms. The van der Waals surface area contributed by atoms with Crippen LogP contribution in [-0.2, 0) is 0 Å². The molecule has 10 aromatic rings. The monoisotopic (exact) mass is 786 g/mol. The number of aryl methyl sites for hydroxylation is 4. The summed E-state index contributed by atoms with van der Waals surface area (Å²) < 4.78 is 4.76. The molecule has 0 aliphatic rings. The van der Waals surface area contributed by atoms with Gasteiger partial charge in [0, 0.05) is 54.8 Å². The Kier molecular flexibility index (Phi) is 9.41. The molecule has 7 aromatic carbocycles. The van der Waals surface area contributed by atoms with Crippen LogP contribution in [0.4, 0.5) is 0 Å². The molecular weight excluding hydrogens is 741 g/mol. The number of para-hydroxylation sites is 2. The molecule has 0 saturated heterocycles. The van der Waals surface area contributed by atoms with Gasteiger partial charge in [-0.05, 0) is 105 Å². The lowest BCUT2D eigenvalue weighted by molar-refractivity contribution is 1.07. The van der Waals surface area contributed by atoms with E-state index in [1.807, 2.05) is 6.08 Å². The van der Waals surface area contributed by atoms with E-state index in [4.69, 9.17) is 9.97 Å². The highest BCUT2D eigenvalue weighted by atomic mass is 15.0. The van der Waals surface area contributed by atoms with Gasteiger partial charge in [0.15, 0.2) is 5.82 Å². The van der Waals surface area contributed by atoms with E-state index in [-0.39, 0.29) is 0 Å². The van der Waals surface area contributed by atoms with Gasteiger partial charge in [0.2, 0.25) is 0 Å².